The number of carbonyl (C=O) groups is 1. The van der Waals surface area contributed by atoms with E-state index in [0.717, 1.165) is 24.5 Å². The van der Waals surface area contributed by atoms with Crippen LogP contribution >= 0.6 is 0 Å². The molecule has 1 atom stereocenters. The van der Waals surface area contributed by atoms with Crippen molar-refractivity contribution in [1.29, 1.82) is 0 Å². The van der Waals surface area contributed by atoms with Crippen LogP contribution in [0.2, 0.25) is 0 Å². The van der Waals surface area contributed by atoms with E-state index >= 15 is 0 Å². The van der Waals surface area contributed by atoms with Crippen LogP contribution in [0.25, 0.3) is 0 Å². The number of hydrogen-bond acceptors (Lipinski definition) is 6. The Morgan fingerprint density at radius 2 is 1.90 bits per heavy atom. The first-order valence-electron chi connectivity index (χ1n) is 5.75. The van der Waals surface area contributed by atoms with E-state index < -0.39 is 31.9 Å². The molecule has 10 heteroatoms. The van der Waals surface area contributed by atoms with Gasteiger partial charge in [0.25, 0.3) is 0 Å². The van der Waals surface area contributed by atoms with Gasteiger partial charge in [-0.2, -0.15) is 0 Å². The fourth-order valence-electron chi connectivity index (χ4n) is 1.74. The molecule has 0 saturated carbocycles. The molecule has 1 rings (SSSR count). The van der Waals surface area contributed by atoms with Crippen molar-refractivity contribution >= 4 is 31.5 Å². The maximum Gasteiger partial charge on any atom is 0.335 e. The molecule has 0 spiro atoms. The Morgan fingerprint density at radius 1 is 1.33 bits per heavy atom. The smallest absolute Gasteiger partial charge is 0.335 e. The van der Waals surface area contributed by atoms with Gasteiger partial charge in [0, 0.05) is 12.3 Å². The first-order chi connectivity index (χ1) is 9.42. The molecule has 0 aliphatic carbocycles. The zero-order valence-corrected chi connectivity index (χ0v) is 13.0. The average Bonchev–Trinajstić information content (AvgIpc) is 2.24. The number of rotatable bonds is 6. The molecule has 0 saturated heterocycles. The maximum absolute atomic E-state index is 12.1. The van der Waals surface area contributed by atoms with Crippen LogP contribution in [0.1, 0.15) is 17.3 Å². The van der Waals surface area contributed by atoms with E-state index in [1.165, 1.54) is 6.92 Å². The molecule has 1 aromatic rings. The number of carboxylic acids is 1. The van der Waals surface area contributed by atoms with Crippen LogP contribution in [0.5, 0.6) is 0 Å². The summed E-state index contributed by atoms with van der Waals surface area (Å²) < 4.78 is 48.6. The van der Waals surface area contributed by atoms with Gasteiger partial charge in [-0.25, -0.2) is 26.4 Å². The van der Waals surface area contributed by atoms with Crippen LogP contribution in [0.15, 0.2) is 23.1 Å². The van der Waals surface area contributed by atoms with Gasteiger partial charge < -0.3 is 10.8 Å². The molecular formula is C11H16N2O6S2. The Bertz CT molecular complexity index is 755. The summed E-state index contributed by atoms with van der Waals surface area (Å²) in [5.41, 5.74) is 5.18. The van der Waals surface area contributed by atoms with Gasteiger partial charge in [-0.15, -0.1) is 0 Å². The number of benzene rings is 1. The molecule has 8 nitrogen and oxygen atoms in total. The second-order valence-corrected chi connectivity index (χ2v) is 8.54. The Kier molecular flexibility index (Phi) is 4.97. The lowest BCUT2D eigenvalue weighted by atomic mass is 10.2. The lowest BCUT2D eigenvalue weighted by Crippen LogP contribution is -2.37. The van der Waals surface area contributed by atoms with Crippen molar-refractivity contribution < 1.29 is 26.7 Å². The van der Waals surface area contributed by atoms with Crippen molar-refractivity contribution in [2.24, 2.45) is 0 Å². The summed E-state index contributed by atoms with van der Waals surface area (Å²) in [6.07, 6.45) is 0.994. The molecule has 0 aliphatic heterocycles. The van der Waals surface area contributed by atoms with E-state index in [4.69, 9.17) is 10.8 Å². The third kappa shape index (κ3) is 4.99. The predicted octanol–water partition coefficient (Wildman–Crippen LogP) is -0.322. The van der Waals surface area contributed by atoms with Crippen LogP contribution in [0.3, 0.4) is 0 Å². The topological polar surface area (TPSA) is 144 Å². The second kappa shape index (κ2) is 6.00. The number of anilines is 1. The summed E-state index contributed by atoms with van der Waals surface area (Å²) in [4.78, 5) is 10.5. The average molecular weight is 336 g/mol. The van der Waals surface area contributed by atoms with Crippen LogP contribution in [-0.2, 0) is 19.9 Å². The third-order valence-corrected chi connectivity index (χ3v) is 5.22. The number of hydrogen-bond donors (Lipinski definition) is 3. The fraction of sp³-hybridized carbons (Fsp3) is 0.364. The molecule has 0 fully saturated rings. The number of nitrogen functional groups attached to an aromatic ring is 1. The molecule has 4 N–H and O–H groups in total. The molecule has 118 valence electrons. The van der Waals surface area contributed by atoms with E-state index in [9.17, 15) is 21.6 Å². The number of nitrogens with one attached hydrogen (secondary N) is 1. The summed E-state index contributed by atoms with van der Waals surface area (Å²) >= 11 is 0. The molecule has 0 aliphatic rings. The lowest BCUT2D eigenvalue weighted by molar-refractivity contribution is 0.0697. The standard InChI is InChI=1S/C11H16N2O6S2/c1-7(6-20(2,16)17)13-21(18,19)10-4-3-8(11(14)15)5-9(10)12/h3-5,7,13H,6,12H2,1-2H3,(H,14,15). The van der Waals surface area contributed by atoms with Crippen LogP contribution in [0, 0.1) is 0 Å². The van der Waals surface area contributed by atoms with Crippen LogP contribution < -0.4 is 10.5 Å². The summed E-state index contributed by atoms with van der Waals surface area (Å²) in [5.74, 6) is -1.59. The van der Waals surface area contributed by atoms with Gasteiger partial charge in [0.05, 0.1) is 17.0 Å². The Balaban J connectivity index is 3.06. The number of aromatic carboxylic acids is 1. The van der Waals surface area contributed by atoms with Gasteiger partial charge >= 0.3 is 5.97 Å². The van der Waals surface area contributed by atoms with E-state index in [0.29, 0.717) is 0 Å². The van der Waals surface area contributed by atoms with E-state index in [1.54, 1.807) is 0 Å². The monoisotopic (exact) mass is 336 g/mol. The minimum Gasteiger partial charge on any atom is -0.478 e. The summed E-state index contributed by atoms with van der Waals surface area (Å²) in [5, 5.41) is 8.79. The Morgan fingerprint density at radius 3 is 2.33 bits per heavy atom. The highest BCUT2D eigenvalue weighted by atomic mass is 32.2. The van der Waals surface area contributed by atoms with Crippen molar-refractivity contribution in [2.75, 3.05) is 17.7 Å². The normalized spacial score (nSPS) is 13.8. The molecule has 1 unspecified atom stereocenters. The van der Waals surface area contributed by atoms with Gasteiger partial charge in [0.15, 0.2) is 0 Å². The predicted molar refractivity (Wildman–Crippen MR) is 77.3 cm³/mol. The number of sulfonamides is 1. The van der Waals surface area contributed by atoms with Gasteiger partial charge in [0.2, 0.25) is 10.0 Å². The van der Waals surface area contributed by atoms with Crippen molar-refractivity contribution in [3.05, 3.63) is 23.8 Å². The summed E-state index contributed by atoms with van der Waals surface area (Å²) in [6, 6.07) is 2.35. The quantitative estimate of drug-likeness (QED) is 0.604. The minimum absolute atomic E-state index is 0.143. The molecule has 21 heavy (non-hydrogen) atoms. The zero-order chi connectivity index (χ0) is 16.4. The molecule has 0 radical (unpaired) electrons. The molecule has 0 aromatic heterocycles. The first kappa shape index (κ1) is 17.4. The summed E-state index contributed by atoms with van der Waals surface area (Å²) in [6.45, 7) is 1.40. The molecule has 0 heterocycles. The van der Waals surface area contributed by atoms with E-state index in [1.807, 2.05) is 0 Å². The highest BCUT2D eigenvalue weighted by Crippen LogP contribution is 2.20. The van der Waals surface area contributed by atoms with Crippen LogP contribution in [-0.4, -0.2) is 46.0 Å². The second-order valence-electron chi connectivity index (χ2n) is 4.67. The maximum atomic E-state index is 12.1. The van der Waals surface area contributed by atoms with Crippen molar-refractivity contribution in [3.63, 3.8) is 0 Å². The Labute approximate surface area is 122 Å². The fourth-order valence-corrected chi connectivity index (χ4v) is 4.20. The van der Waals surface area contributed by atoms with Crippen molar-refractivity contribution in [1.82, 2.24) is 4.72 Å². The highest BCUT2D eigenvalue weighted by Gasteiger charge is 2.22. The minimum atomic E-state index is -4.04. The molecular weight excluding hydrogens is 320 g/mol. The molecule has 1 aromatic carbocycles. The Hall–Kier alpha value is -1.65. The largest absolute Gasteiger partial charge is 0.478 e. The van der Waals surface area contributed by atoms with Gasteiger partial charge in [-0.3, -0.25) is 0 Å². The molecule has 0 amide bonds. The van der Waals surface area contributed by atoms with E-state index in [2.05, 4.69) is 4.72 Å². The van der Waals surface area contributed by atoms with Crippen LogP contribution in [0.4, 0.5) is 5.69 Å². The number of carboxylic acid groups (broad SMARTS) is 1. The van der Waals surface area contributed by atoms with Crippen molar-refractivity contribution in [2.45, 2.75) is 17.9 Å². The SMILES string of the molecule is CC(CS(C)(=O)=O)NS(=O)(=O)c1ccc(C(=O)O)cc1N. The van der Waals surface area contributed by atoms with Gasteiger partial charge in [-0.05, 0) is 25.1 Å². The summed E-state index contributed by atoms with van der Waals surface area (Å²) in [7, 11) is -7.38. The van der Waals surface area contributed by atoms with Gasteiger partial charge in [-0.1, -0.05) is 0 Å². The van der Waals surface area contributed by atoms with Crippen molar-refractivity contribution in [3.8, 4) is 0 Å². The number of nitrogens with two attached hydrogens (primary N) is 1. The highest BCUT2D eigenvalue weighted by molar-refractivity contribution is 7.91. The van der Waals surface area contributed by atoms with Gasteiger partial charge in [0.1, 0.15) is 14.7 Å². The molecule has 0 bridgehead atoms. The third-order valence-electron chi connectivity index (χ3n) is 2.46. The lowest BCUT2D eigenvalue weighted by Gasteiger charge is -2.14. The first-order valence-corrected chi connectivity index (χ1v) is 9.29. The van der Waals surface area contributed by atoms with E-state index in [-0.39, 0.29) is 21.9 Å². The zero-order valence-electron chi connectivity index (χ0n) is 11.4. The number of sulfone groups is 1.